The highest BCUT2D eigenvalue weighted by atomic mass is 19.1. The van der Waals surface area contributed by atoms with Crippen LogP contribution in [0.3, 0.4) is 0 Å². The molecule has 1 unspecified atom stereocenters. The Labute approximate surface area is 49.4 Å². The van der Waals surface area contributed by atoms with E-state index < -0.39 is 6.17 Å². The first kappa shape index (κ1) is 5.80. The Hall–Kier alpha value is -0.330. The molecular formula is C7H10F. The van der Waals surface area contributed by atoms with Crippen LogP contribution in [0.25, 0.3) is 0 Å². The quantitative estimate of drug-likeness (QED) is 0.452. The summed E-state index contributed by atoms with van der Waals surface area (Å²) in [5.74, 6) is 0. The van der Waals surface area contributed by atoms with E-state index in [0.717, 1.165) is 19.3 Å². The van der Waals surface area contributed by atoms with Gasteiger partial charge < -0.3 is 0 Å². The van der Waals surface area contributed by atoms with Gasteiger partial charge in [0.1, 0.15) is 6.17 Å². The van der Waals surface area contributed by atoms with E-state index in [1.807, 2.05) is 0 Å². The number of rotatable bonds is 0. The lowest BCUT2D eigenvalue weighted by molar-refractivity contribution is 0.373. The molecule has 1 aliphatic carbocycles. The van der Waals surface area contributed by atoms with Gasteiger partial charge >= 0.3 is 0 Å². The van der Waals surface area contributed by atoms with E-state index in [1.54, 1.807) is 6.08 Å². The molecule has 0 aliphatic heterocycles. The predicted molar refractivity (Wildman–Crippen MR) is 31.2 cm³/mol. The minimum absolute atomic E-state index is 0.701. The average Bonchev–Trinajstić information content (AvgIpc) is 1.94. The van der Waals surface area contributed by atoms with Crippen molar-refractivity contribution in [2.45, 2.75) is 31.9 Å². The summed E-state index contributed by atoms with van der Waals surface area (Å²) in [6.45, 7) is 0. The summed E-state index contributed by atoms with van der Waals surface area (Å²) < 4.78 is 12.3. The van der Waals surface area contributed by atoms with E-state index >= 15 is 0 Å². The largest absolute Gasteiger partial charge is 0.243 e. The highest BCUT2D eigenvalue weighted by Gasteiger charge is 2.02. The van der Waals surface area contributed by atoms with Crippen LogP contribution in [0.5, 0.6) is 0 Å². The van der Waals surface area contributed by atoms with Gasteiger partial charge in [0, 0.05) is 0 Å². The van der Waals surface area contributed by atoms with E-state index in [-0.39, 0.29) is 0 Å². The zero-order valence-corrected chi connectivity index (χ0v) is 4.86. The molecule has 1 atom stereocenters. The summed E-state index contributed by atoms with van der Waals surface area (Å²) in [6.07, 6.45) is 7.51. The molecule has 0 N–H and O–H groups in total. The lowest BCUT2D eigenvalue weighted by Gasteiger charge is -1.94. The third-order valence-electron chi connectivity index (χ3n) is 1.35. The van der Waals surface area contributed by atoms with Gasteiger partial charge in [-0.2, -0.15) is 0 Å². The summed E-state index contributed by atoms with van der Waals surface area (Å²) in [4.78, 5) is 0. The second-order valence-electron chi connectivity index (χ2n) is 2.13. The molecule has 0 heterocycles. The summed E-state index contributed by atoms with van der Waals surface area (Å²) in [7, 11) is 0. The van der Waals surface area contributed by atoms with E-state index in [4.69, 9.17) is 0 Å². The van der Waals surface area contributed by atoms with Gasteiger partial charge in [0.05, 0.1) is 0 Å². The van der Waals surface area contributed by atoms with Crippen LogP contribution in [0.4, 0.5) is 4.39 Å². The molecule has 0 spiro atoms. The maximum absolute atomic E-state index is 12.3. The fourth-order valence-corrected chi connectivity index (χ4v) is 0.861. The Morgan fingerprint density at radius 3 is 3.25 bits per heavy atom. The molecule has 0 aromatic carbocycles. The van der Waals surface area contributed by atoms with Crippen LogP contribution in [-0.2, 0) is 0 Å². The van der Waals surface area contributed by atoms with Gasteiger partial charge in [-0.15, -0.1) is 0 Å². The van der Waals surface area contributed by atoms with Crippen molar-refractivity contribution in [1.82, 2.24) is 0 Å². The molecule has 0 nitrogen and oxygen atoms in total. The van der Waals surface area contributed by atoms with Gasteiger partial charge in [-0.05, 0) is 37.8 Å². The van der Waals surface area contributed by atoms with Gasteiger partial charge in [0.2, 0.25) is 0 Å². The van der Waals surface area contributed by atoms with Crippen molar-refractivity contribution in [3.05, 3.63) is 12.2 Å². The number of hydrogen-bond donors (Lipinski definition) is 0. The first-order chi connectivity index (χ1) is 3.89. The van der Waals surface area contributed by atoms with Crippen LogP contribution in [0.15, 0.2) is 6.08 Å². The molecule has 0 saturated heterocycles. The van der Waals surface area contributed by atoms with E-state index in [9.17, 15) is 4.39 Å². The third kappa shape index (κ3) is 1.65. The monoisotopic (exact) mass is 113 g/mol. The van der Waals surface area contributed by atoms with Crippen LogP contribution in [0.2, 0.25) is 0 Å². The van der Waals surface area contributed by atoms with Crippen molar-refractivity contribution in [3.8, 4) is 0 Å². The van der Waals surface area contributed by atoms with Gasteiger partial charge in [-0.3, -0.25) is 0 Å². The molecule has 8 heavy (non-hydrogen) atoms. The number of hydrogen-bond acceptors (Lipinski definition) is 0. The van der Waals surface area contributed by atoms with Crippen LogP contribution >= 0.6 is 0 Å². The van der Waals surface area contributed by atoms with Crippen molar-refractivity contribution >= 4 is 0 Å². The summed E-state index contributed by atoms with van der Waals surface area (Å²) in [5, 5.41) is 0. The lowest BCUT2D eigenvalue weighted by Crippen LogP contribution is -1.90. The van der Waals surface area contributed by atoms with Crippen molar-refractivity contribution in [2.75, 3.05) is 0 Å². The second kappa shape index (κ2) is 2.85. The topological polar surface area (TPSA) is 0 Å². The van der Waals surface area contributed by atoms with E-state index in [1.165, 1.54) is 0 Å². The minimum atomic E-state index is -0.711. The van der Waals surface area contributed by atoms with Crippen molar-refractivity contribution in [2.24, 2.45) is 0 Å². The Kier molecular flexibility index (Phi) is 2.07. The molecule has 0 aromatic heterocycles. The molecule has 0 saturated carbocycles. The van der Waals surface area contributed by atoms with E-state index in [0.29, 0.717) is 6.42 Å². The normalized spacial score (nSPS) is 29.9. The molecule has 1 aliphatic rings. The predicted octanol–water partition coefficient (Wildman–Crippen LogP) is 2.26. The van der Waals surface area contributed by atoms with Crippen molar-refractivity contribution < 1.29 is 4.39 Å². The van der Waals surface area contributed by atoms with Crippen LogP contribution in [-0.4, -0.2) is 6.17 Å². The van der Waals surface area contributed by atoms with Crippen molar-refractivity contribution in [1.29, 1.82) is 0 Å². The highest BCUT2D eigenvalue weighted by Crippen LogP contribution is 2.12. The molecule has 1 radical (unpaired) electrons. The third-order valence-corrected chi connectivity index (χ3v) is 1.35. The Morgan fingerprint density at radius 2 is 2.38 bits per heavy atom. The van der Waals surface area contributed by atoms with Gasteiger partial charge in [0.15, 0.2) is 0 Å². The average molecular weight is 113 g/mol. The molecule has 0 bridgehead atoms. The zero-order chi connectivity index (χ0) is 5.82. The van der Waals surface area contributed by atoms with Gasteiger partial charge in [-0.1, -0.05) is 0 Å². The summed E-state index contributed by atoms with van der Waals surface area (Å²) >= 11 is 0. The molecule has 0 fully saturated rings. The maximum atomic E-state index is 12.3. The van der Waals surface area contributed by atoms with Crippen LogP contribution < -0.4 is 0 Å². The van der Waals surface area contributed by atoms with Crippen LogP contribution in [0, 0.1) is 6.08 Å². The number of allylic oxidation sites excluding steroid dienone is 2. The van der Waals surface area contributed by atoms with Crippen molar-refractivity contribution in [3.63, 3.8) is 0 Å². The van der Waals surface area contributed by atoms with Gasteiger partial charge in [-0.25, -0.2) is 4.39 Å². The molecule has 45 valence electrons. The summed E-state index contributed by atoms with van der Waals surface area (Å²) in [5.41, 5.74) is 0. The first-order valence-corrected chi connectivity index (χ1v) is 3.10. The molecule has 0 aromatic rings. The number of halogens is 1. The maximum Gasteiger partial charge on any atom is 0.119 e. The lowest BCUT2D eigenvalue weighted by atomic mass is 10.2. The summed E-state index contributed by atoms with van der Waals surface area (Å²) in [6, 6.07) is 0. The number of alkyl halides is 1. The molecular weight excluding hydrogens is 103 g/mol. The first-order valence-electron chi connectivity index (χ1n) is 3.10. The molecule has 1 heteroatoms. The van der Waals surface area contributed by atoms with Crippen LogP contribution in [0.1, 0.15) is 25.7 Å². The molecule has 0 amide bonds. The van der Waals surface area contributed by atoms with E-state index in [2.05, 4.69) is 6.08 Å². The second-order valence-corrected chi connectivity index (χ2v) is 2.13. The fourth-order valence-electron chi connectivity index (χ4n) is 0.861. The fraction of sp³-hybridized carbons (Fsp3) is 0.714. The minimum Gasteiger partial charge on any atom is -0.243 e. The highest BCUT2D eigenvalue weighted by molar-refractivity contribution is 4.85. The smallest absolute Gasteiger partial charge is 0.119 e. The van der Waals surface area contributed by atoms with Gasteiger partial charge in [0.25, 0.3) is 0 Å². The molecule has 1 rings (SSSR count). The zero-order valence-electron chi connectivity index (χ0n) is 4.86. The Bertz CT molecular complexity index is 86.4. The standard InChI is InChI=1S/C7H10F/c8-7-5-3-1-2-4-6-7/h6-7H,1-3,5H2. The SMILES string of the molecule is FC1C=[C]CCCC1. The Morgan fingerprint density at radius 1 is 1.50 bits per heavy atom. The Balaban J connectivity index is 2.33.